The van der Waals surface area contributed by atoms with Crippen LogP contribution >= 0.6 is 27.5 Å². The third-order valence-electron chi connectivity index (χ3n) is 7.84. The number of hydrogen-bond donors (Lipinski definition) is 0. The first-order chi connectivity index (χ1) is 15.9. The van der Waals surface area contributed by atoms with Crippen LogP contribution in [0.5, 0.6) is 0 Å². The average Bonchev–Trinajstić information content (AvgIpc) is 3.58. The van der Waals surface area contributed by atoms with Gasteiger partial charge in [0.15, 0.2) is 0 Å². The smallest absolute Gasteiger partial charge is 0.261 e. The van der Waals surface area contributed by atoms with Gasteiger partial charge < -0.3 is 0 Å². The number of benzene rings is 2. The number of carbonyl (C=O) groups is 3. The highest BCUT2D eigenvalue weighted by Crippen LogP contribution is 2.65. The van der Waals surface area contributed by atoms with E-state index in [-0.39, 0.29) is 48.1 Å². The van der Waals surface area contributed by atoms with Gasteiger partial charge in [-0.1, -0.05) is 51.8 Å². The lowest BCUT2D eigenvalue weighted by molar-refractivity contribution is -0.140. The topological polar surface area (TPSA) is 57.7 Å². The van der Waals surface area contributed by atoms with Crippen LogP contribution < -0.4 is 4.90 Å². The minimum Gasteiger partial charge on any atom is -0.289 e. The quantitative estimate of drug-likeness (QED) is 0.414. The molecule has 33 heavy (non-hydrogen) atoms. The number of allylic oxidation sites excluding steroid dienone is 2. The number of carbonyl (C=O) groups excluding carboxylic acids is 3. The Kier molecular flexibility index (Phi) is 4.82. The van der Waals surface area contributed by atoms with Crippen LogP contribution in [0.15, 0.2) is 59.1 Å². The fraction of sp³-hybridized carbons (Fsp3) is 0.346. The van der Waals surface area contributed by atoms with Crippen LogP contribution in [0, 0.1) is 42.4 Å². The van der Waals surface area contributed by atoms with Gasteiger partial charge in [0.05, 0.1) is 22.4 Å². The summed E-state index contributed by atoms with van der Waals surface area (Å²) in [6, 6.07) is 12.4. The minimum absolute atomic E-state index is 0.119. The highest BCUT2D eigenvalue weighted by atomic mass is 79.9. The van der Waals surface area contributed by atoms with E-state index >= 15 is 0 Å². The molecule has 5 aliphatic rings. The van der Waals surface area contributed by atoms with Gasteiger partial charge in [-0.05, 0) is 72.9 Å². The molecular weight excluding hydrogens is 504 g/mol. The summed E-state index contributed by atoms with van der Waals surface area (Å²) in [4.78, 5) is 43.6. The van der Waals surface area contributed by atoms with Crippen LogP contribution in [0.2, 0.25) is 5.02 Å². The van der Waals surface area contributed by atoms with Crippen molar-refractivity contribution in [3.63, 3.8) is 0 Å². The van der Waals surface area contributed by atoms with Crippen molar-refractivity contribution in [2.24, 2.45) is 35.5 Å². The summed E-state index contributed by atoms with van der Waals surface area (Å²) in [6.07, 6.45) is 5.42. The zero-order chi connectivity index (χ0) is 23.0. The van der Waals surface area contributed by atoms with Gasteiger partial charge in [0.25, 0.3) is 5.91 Å². The number of likely N-dealkylation sites (tertiary alicyclic amines) is 1. The van der Waals surface area contributed by atoms with Gasteiger partial charge in [-0.2, -0.15) is 0 Å². The molecule has 1 heterocycles. The third kappa shape index (κ3) is 3.14. The molecule has 0 spiro atoms. The highest BCUT2D eigenvalue weighted by Gasteiger charge is 2.67. The van der Waals surface area contributed by atoms with Gasteiger partial charge in [-0.15, -0.1) is 0 Å². The van der Waals surface area contributed by atoms with Crippen molar-refractivity contribution in [3.05, 3.63) is 75.2 Å². The lowest BCUT2D eigenvalue weighted by Gasteiger charge is -2.37. The molecule has 0 N–H and O–H groups in total. The molecule has 6 atom stereocenters. The van der Waals surface area contributed by atoms with Crippen molar-refractivity contribution in [2.45, 2.75) is 13.3 Å². The van der Waals surface area contributed by atoms with E-state index in [1.54, 1.807) is 24.3 Å². The maximum Gasteiger partial charge on any atom is 0.261 e. The Labute approximate surface area is 205 Å². The summed E-state index contributed by atoms with van der Waals surface area (Å²) in [6.45, 7) is 1.78. The van der Waals surface area contributed by atoms with E-state index in [2.05, 4.69) is 28.1 Å². The van der Waals surface area contributed by atoms with Gasteiger partial charge >= 0.3 is 0 Å². The minimum atomic E-state index is -0.342. The predicted molar refractivity (Wildman–Crippen MR) is 129 cm³/mol. The molecule has 0 radical (unpaired) electrons. The number of hydrogen-bond acceptors (Lipinski definition) is 3. The normalized spacial score (nSPS) is 30.9. The van der Waals surface area contributed by atoms with E-state index in [1.165, 1.54) is 9.80 Å². The Morgan fingerprint density at radius 3 is 2.30 bits per heavy atom. The van der Waals surface area contributed by atoms with Crippen LogP contribution in [0.25, 0.3) is 0 Å². The molecule has 2 bridgehead atoms. The van der Waals surface area contributed by atoms with E-state index < -0.39 is 0 Å². The van der Waals surface area contributed by atoms with Crippen LogP contribution in [0.4, 0.5) is 5.69 Å². The van der Waals surface area contributed by atoms with E-state index in [1.807, 2.05) is 25.1 Å². The van der Waals surface area contributed by atoms with Gasteiger partial charge in [-0.3, -0.25) is 24.2 Å². The van der Waals surface area contributed by atoms with Crippen molar-refractivity contribution in [1.82, 2.24) is 4.90 Å². The molecule has 1 saturated heterocycles. The first kappa shape index (κ1) is 21.1. The zero-order valence-corrected chi connectivity index (χ0v) is 20.3. The van der Waals surface area contributed by atoms with Crippen LogP contribution in [-0.4, -0.2) is 29.3 Å². The van der Waals surface area contributed by atoms with Crippen LogP contribution in [0.1, 0.15) is 22.3 Å². The number of aryl methyl sites for hydroxylation is 1. The second-order valence-corrected chi connectivity index (χ2v) is 10.9. The lowest BCUT2D eigenvalue weighted by atomic mass is 9.63. The number of halogens is 2. The Hall–Kier alpha value is -2.44. The molecule has 3 fully saturated rings. The van der Waals surface area contributed by atoms with E-state index in [0.717, 1.165) is 16.5 Å². The maximum atomic E-state index is 13.7. The molecule has 168 valence electrons. The molecule has 7 rings (SSSR count). The van der Waals surface area contributed by atoms with Crippen molar-refractivity contribution in [2.75, 3.05) is 11.6 Å². The average molecular weight is 526 g/mol. The first-order valence-corrected chi connectivity index (χ1v) is 12.4. The van der Waals surface area contributed by atoms with Gasteiger partial charge in [0, 0.05) is 10.2 Å². The summed E-state index contributed by atoms with van der Waals surface area (Å²) >= 11 is 9.81. The first-order valence-electron chi connectivity index (χ1n) is 11.2. The van der Waals surface area contributed by atoms with Crippen LogP contribution in [-0.2, 0) is 9.59 Å². The van der Waals surface area contributed by atoms with E-state index in [4.69, 9.17) is 11.6 Å². The summed E-state index contributed by atoms with van der Waals surface area (Å²) < 4.78 is 0.884. The van der Waals surface area contributed by atoms with Crippen molar-refractivity contribution in [3.8, 4) is 0 Å². The van der Waals surface area contributed by atoms with Crippen molar-refractivity contribution < 1.29 is 14.4 Å². The van der Waals surface area contributed by atoms with Crippen molar-refractivity contribution >= 4 is 50.9 Å². The Bertz CT molecular complexity index is 1210. The third-order valence-corrected chi connectivity index (χ3v) is 8.66. The Morgan fingerprint density at radius 2 is 1.70 bits per heavy atom. The molecule has 4 aliphatic carbocycles. The summed E-state index contributed by atoms with van der Waals surface area (Å²) in [5.41, 5.74) is 1.83. The molecular formula is C26H22BrClN2O3. The monoisotopic (exact) mass is 524 g/mol. The van der Waals surface area contributed by atoms with E-state index in [0.29, 0.717) is 28.1 Å². The summed E-state index contributed by atoms with van der Waals surface area (Å²) in [5, 5.41) is 0.331. The lowest BCUT2D eigenvalue weighted by Crippen LogP contribution is -2.45. The molecule has 2 saturated carbocycles. The van der Waals surface area contributed by atoms with Crippen LogP contribution in [0.3, 0.4) is 0 Å². The van der Waals surface area contributed by atoms with E-state index in [9.17, 15) is 14.4 Å². The highest BCUT2D eigenvalue weighted by molar-refractivity contribution is 9.10. The largest absolute Gasteiger partial charge is 0.289 e. The molecule has 3 amide bonds. The second-order valence-electron chi connectivity index (χ2n) is 9.54. The number of nitrogens with zero attached hydrogens (tertiary/aromatic N) is 2. The maximum absolute atomic E-state index is 13.7. The Morgan fingerprint density at radius 1 is 1.06 bits per heavy atom. The number of imide groups is 1. The molecule has 6 unspecified atom stereocenters. The molecule has 2 aromatic rings. The SMILES string of the molecule is Cc1cc(Br)ccc1N(CN1C(=O)C2C3C=CC(C4CC34)C2C1=O)C(=O)c1ccccc1Cl. The number of rotatable bonds is 4. The fourth-order valence-corrected chi connectivity index (χ4v) is 6.94. The molecule has 2 aromatic carbocycles. The predicted octanol–water partition coefficient (Wildman–Crippen LogP) is 5.07. The Balaban J connectivity index is 1.38. The summed E-state index contributed by atoms with van der Waals surface area (Å²) in [5.74, 6) is 0.134. The van der Waals surface area contributed by atoms with Gasteiger partial charge in [0.1, 0.15) is 6.67 Å². The number of anilines is 1. The second kappa shape index (κ2) is 7.54. The molecule has 1 aliphatic heterocycles. The van der Waals surface area contributed by atoms with Gasteiger partial charge in [0.2, 0.25) is 11.8 Å². The molecule has 7 heteroatoms. The fourth-order valence-electron chi connectivity index (χ4n) is 6.25. The standard InChI is InChI=1S/C26H22BrClN2O3/c1-13-10-14(27)6-9-21(13)29(24(31)17-4-2-3-5-20(17)28)12-30-25(32)22-15-7-8-16(19-11-18(15)19)23(22)26(30)33/h2-10,15-16,18-19,22-23H,11-12H2,1H3. The van der Waals surface area contributed by atoms with Crippen molar-refractivity contribution in [1.29, 1.82) is 0 Å². The molecule has 0 aromatic heterocycles. The summed E-state index contributed by atoms with van der Waals surface area (Å²) in [7, 11) is 0. The van der Waals surface area contributed by atoms with Gasteiger partial charge in [-0.25, -0.2) is 0 Å². The number of amides is 3. The zero-order valence-electron chi connectivity index (χ0n) is 17.9. The molecule has 5 nitrogen and oxygen atoms in total.